The minimum atomic E-state index is -0.500. The van der Waals surface area contributed by atoms with Crippen LogP contribution in [-0.2, 0) is 4.79 Å². The third-order valence-corrected chi connectivity index (χ3v) is 2.51. The van der Waals surface area contributed by atoms with Gasteiger partial charge in [-0.25, -0.2) is 0 Å². The van der Waals surface area contributed by atoms with Gasteiger partial charge in [0.25, 0.3) is 0 Å². The van der Waals surface area contributed by atoms with Crippen LogP contribution in [-0.4, -0.2) is 18.2 Å². The molecule has 0 aliphatic heterocycles. The minimum Gasteiger partial charge on any atom is -0.554 e. The van der Waals surface area contributed by atoms with Crippen molar-refractivity contribution in [3.05, 3.63) is 0 Å². The Hall–Kier alpha value is 0.430. The summed E-state index contributed by atoms with van der Waals surface area (Å²) >= 11 is 0. The summed E-state index contributed by atoms with van der Waals surface area (Å²) < 4.78 is 0. The Morgan fingerprint density at radius 1 is 0.882 bits per heavy atom. The second-order valence-corrected chi connectivity index (χ2v) is 4.00. The zero-order valence-electron chi connectivity index (χ0n) is 11.6. The van der Waals surface area contributed by atoms with Crippen molar-refractivity contribution in [2.45, 2.75) is 71.1 Å². The Morgan fingerprint density at radius 2 is 1.18 bits per heavy atom. The van der Waals surface area contributed by atoms with Crippen molar-refractivity contribution in [1.29, 1.82) is 0 Å². The predicted molar refractivity (Wildman–Crippen MR) is 65.0 cm³/mol. The molecule has 0 aromatic heterocycles. The van der Waals surface area contributed by atoms with Crippen LogP contribution in [0.5, 0.6) is 0 Å². The molecular formula is C13H27NaO3. The van der Waals surface area contributed by atoms with Crippen molar-refractivity contribution in [2.75, 3.05) is 6.61 Å². The van der Waals surface area contributed by atoms with Crippen LogP contribution in [0, 0.1) is 0 Å². The Kier molecular flexibility index (Phi) is 33.7. The van der Waals surface area contributed by atoms with E-state index < -0.39 is 6.47 Å². The zero-order chi connectivity index (χ0) is 12.5. The van der Waals surface area contributed by atoms with Crippen LogP contribution < -0.4 is 34.7 Å². The fourth-order valence-corrected chi connectivity index (χ4v) is 1.60. The van der Waals surface area contributed by atoms with Crippen molar-refractivity contribution in [2.24, 2.45) is 0 Å². The molecule has 0 aromatic carbocycles. The summed E-state index contributed by atoms with van der Waals surface area (Å²) in [7, 11) is 0. The van der Waals surface area contributed by atoms with E-state index in [1.165, 1.54) is 57.8 Å². The molecule has 1 N–H and O–H groups in total. The van der Waals surface area contributed by atoms with E-state index in [0.717, 1.165) is 6.42 Å². The Morgan fingerprint density at radius 3 is 1.47 bits per heavy atom. The fourth-order valence-electron chi connectivity index (χ4n) is 1.60. The van der Waals surface area contributed by atoms with Crippen LogP contribution in [0.2, 0.25) is 0 Å². The van der Waals surface area contributed by atoms with Crippen LogP contribution in [0.25, 0.3) is 0 Å². The van der Waals surface area contributed by atoms with Crippen LogP contribution in [0.3, 0.4) is 0 Å². The molecule has 0 aromatic rings. The van der Waals surface area contributed by atoms with Crippen molar-refractivity contribution in [3.63, 3.8) is 0 Å². The van der Waals surface area contributed by atoms with E-state index in [0.29, 0.717) is 6.61 Å². The van der Waals surface area contributed by atoms with Gasteiger partial charge < -0.3 is 15.0 Å². The van der Waals surface area contributed by atoms with E-state index in [1.54, 1.807) is 0 Å². The summed E-state index contributed by atoms with van der Waals surface area (Å²) in [4.78, 5) is 8.25. The molecule has 0 saturated heterocycles. The van der Waals surface area contributed by atoms with E-state index in [2.05, 4.69) is 6.92 Å². The van der Waals surface area contributed by atoms with Crippen LogP contribution in [0.15, 0.2) is 0 Å². The van der Waals surface area contributed by atoms with E-state index in [1.807, 2.05) is 0 Å². The van der Waals surface area contributed by atoms with E-state index in [-0.39, 0.29) is 29.6 Å². The number of hydrogen-bond acceptors (Lipinski definition) is 3. The molecule has 3 nitrogen and oxygen atoms in total. The number of carbonyl (C=O) groups is 1. The van der Waals surface area contributed by atoms with Gasteiger partial charge in [-0.2, -0.15) is 0 Å². The van der Waals surface area contributed by atoms with Crippen molar-refractivity contribution >= 4 is 6.47 Å². The molecule has 0 amide bonds. The average molecular weight is 254 g/mol. The molecule has 0 unspecified atom stereocenters. The van der Waals surface area contributed by atoms with E-state index in [9.17, 15) is 0 Å². The molecule has 0 heterocycles. The average Bonchev–Trinajstić information content (AvgIpc) is 2.28. The number of aliphatic hydroxyl groups is 1. The summed E-state index contributed by atoms with van der Waals surface area (Å²) in [5.41, 5.74) is 0. The summed E-state index contributed by atoms with van der Waals surface area (Å²) in [5.74, 6) is 0. The molecular weight excluding hydrogens is 227 g/mol. The molecule has 0 radical (unpaired) electrons. The van der Waals surface area contributed by atoms with Crippen molar-refractivity contribution in [3.8, 4) is 0 Å². The standard InChI is InChI=1S/C12H26O.CH2O2.Na/c1-2-3-4-5-6-7-8-9-10-11-12-13;2-1-3;/h13H,2-12H2,1H3;1H,(H,2,3);/q;;+1/p-1. The van der Waals surface area contributed by atoms with Gasteiger partial charge in [0.15, 0.2) is 0 Å². The maximum absolute atomic E-state index is 8.57. The van der Waals surface area contributed by atoms with Gasteiger partial charge in [-0.05, 0) is 6.42 Å². The molecule has 0 saturated carbocycles. The first kappa shape index (κ1) is 22.6. The first-order valence-corrected chi connectivity index (χ1v) is 6.49. The molecule has 0 fully saturated rings. The molecule has 0 aliphatic rings. The number of rotatable bonds is 10. The smallest absolute Gasteiger partial charge is 0.554 e. The molecule has 98 valence electrons. The Bertz CT molecular complexity index is 111. The van der Waals surface area contributed by atoms with Gasteiger partial charge in [-0.1, -0.05) is 64.7 Å². The molecule has 4 heteroatoms. The van der Waals surface area contributed by atoms with E-state index in [4.69, 9.17) is 15.0 Å². The Balaban J connectivity index is -0.000000440. The van der Waals surface area contributed by atoms with Gasteiger partial charge >= 0.3 is 29.6 Å². The normalized spacial score (nSPS) is 8.82. The monoisotopic (exact) mass is 254 g/mol. The summed E-state index contributed by atoms with van der Waals surface area (Å²) in [6.07, 6.45) is 13.3. The van der Waals surface area contributed by atoms with Crippen molar-refractivity contribution in [1.82, 2.24) is 0 Å². The van der Waals surface area contributed by atoms with Gasteiger partial charge in [-0.3, -0.25) is 0 Å². The van der Waals surface area contributed by atoms with E-state index >= 15 is 0 Å². The van der Waals surface area contributed by atoms with Gasteiger partial charge in [-0.15, -0.1) is 0 Å². The van der Waals surface area contributed by atoms with Crippen LogP contribution in [0.1, 0.15) is 71.1 Å². The third kappa shape index (κ3) is 31.4. The third-order valence-electron chi connectivity index (χ3n) is 2.51. The summed E-state index contributed by atoms with van der Waals surface area (Å²) in [5, 5.41) is 16.8. The minimum absolute atomic E-state index is 0. The molecule has 0 atom stereocenters. The summed E-state index contributed by atoms with van der Waals surface area (Å²) in [6.45, 7) is 2.13. The van der Waals surface area contributed by atoms with Crippen LogP contribution >= 0.6 is 0 Å². The number of aliphatic hydroxyl groups excluding tert-OH is 1. The number of unbranched alkanes of at least 4 members (excludes halogenated alkanes) is 9. The molecule has 0 bridgehead atoms. The van der Waals surface area contributed by atoms with Gasteiger partial charge in [0, 0.05) is 13.1 Å². The van der Waals surface area contributed by atoms with Gasteiger partial charge in [0.2, 0.25) is 0 Å². The first-order chi connectivity index (χ1) is 7.83. The molecule has 0 rings (SSSR count). The van der Waals surface area contributed by atoms with Crippen molar-refractivity contribution < 1.29 is 44.6 Å². The maximum Gasteiger partial charge on any atom is 1.00 e. The number of carbonyl (C=O) groups excluding carboxylic acids is 1. The van der Waals surface area contributed by atoms with Crippen LogP contribution in [0.4, 0.5) is 0 Å². The van der Waals surface area contributed by atoms with Gasteiger partial charge in [0.05, 0.1) is 0 Å². The topological polar surface area (TPSA) is 60.4 Å². The molecule has 17 heavy (non-hydrogen) atoms. The van der Waals surface area contributed by atoms with Gasteiger partial charge in [0.1, 0.15) is 0 Å². The second-order valence-electron chi connectivity index (χ2n) is 4.00. The zero-order valence-corrected chi connectivity index (χ0v) is 13.6. The molecule has 0 aliphatic carbocycles. The molecule has 0 spiro atoms. The Labute approximate surface area is 128 Å². The number of hydrogen-bond donors (Lipinski definition) is 1. The number of carboxylic acid groups (broad SMARTS) is 1. The quantitative estimate of drug-likeness (QED) is 0.318. The fraction of sp³-hybridized carbons (Fsp3) is 0.923. The maximum atomic E-state index is 8.57. The predicted octanol–water partition coefficient (Wildman–Crippen LogP) is -0.730. The second kappa shape index (κ2) is 25.3. The SMILES string of the molecule is CCCCCCCCCCCCO.O=C[O-].[Na+]. The largest absolute Gasteiger partial charge is 1.00 e. The summed E-state index contributed by atoms with van der Waals surface area (Å²) in [6, 6.07) is 0. The first-order valence-electron chi connectivity index (χ1n) is 6.49.